The molecule has 0 spiro atoms. The van der Waals surface area contributed by atoms with E-state index in [1.54, 1.807) is 28.8 Å². The zero-order chi connectivity index (χ0) is 23.7. The molecule has 34 heavy (non-hydrogen) atoms. The minimum Gasteiger partial charge on any atom is -0.451 e. The zero-order valence-corrected chi connectivity index (χ0v) is 20.2. The SMILES string of the molecule is Cc1nnc2sc(-c3ccc(CNC(=S)NC(=O)c4ccc(-c5ccc(Cl)cc5)o4)cc3)nn12. The third kappa shape index (κ3) is 4.69. The molecule has 11 heteroatoms. The molecule has 0 fully saturated rings. The minimum atomic E-state index is -0.424. The van der Waals surface area contributed by atoms with Crippen molar-refractivity contribution in [2.45, 2.75) is 13.5 Å². The summed E-state index contributed by atoms with van der Waals surface area (Å²) in [5, 5.41) is 20.0. The summed E-state index contributed by atoms with van der Waals surface area (Å²) in [5.74, 6) is 1.07. The molecule has 0 aliphatic heterocycles. The molecule has 8 nitrogen and oxygen atoms in total. The van der Waals surface area contributed by atoms with Crippen LogP contribution in [-0.4, -0.2) is 30.8 Å². The van der Waals surface area contributed by atoms with E-state index in [9.17, 15) is 4.79 Å². The molecule has 2 N–H and O–H groups in total. The molecule has 3 heterocycles. The van der Waals surface area contributed by atoms with Crippen LogP contribution in [0.3, 0.4) is 0 Å². The summed E-state index contributed by atoms with van der Waals surface area (Å²) >= 11 is 12.7. The Morgan fingerprint density at radius 1 is 1.06 bits per heavy atom. The lowest BCUT2D eigenvalue weighted by atomic mass is 10.1. The largest absolute Gasteiger partial charge is 0.451 e. The summed E-state index contributed by atoms with van der Waals surface area (Å²) in [6, 6.07) is 18.4. The van der Waals surface area contributed by atoms with Gasteiger partial charge in [0.05, 0.1) is 0 Å². The molecule has 0 atom stereocenters. The number of carbonyl (C=O) groups excluding carboxylic acids is 1. The third-order valence-electron chi connectivity index (χ3n) is 4.99. The quantitative estimate of drug-likeness (QED) is 0.326. The number of furan rings is 1. The van der Waals surface area contributed by atoms with Gasteiger partial charge in [0.15, 0.2) is 16.7 Å². The van der Waals surface area contributed by atoms with Crippen molar-refractivity contribution in [3.8, 4) is 21.9 Å². The standard InChI is InChI=1S/C23H17ClN6O2S2/c1-13-27-28-23-30(13)29-21(34-23)16-4-2-14(3-5-16)12-25-22(33)26-20(31)19-11-10-18(32-19)15-6-8-17(24)9-7-15/h2-11H,12H2,1H3,(H2,25,26,31,33). The number of carbonyl (C=O) groups is 1. The lowest BCUT2D eigenvalue weighted by molar-refractivity contribution is 0.0950. The lowest BCUT2D eigenvalue weighted by Gasteiger charge is -2.09. The van der Waals surface area contributed by atoms with E-state index in [0.29, 0.717) is 17.3 Å². The maximum absolute atomic E-state index is 12.5. The number of rotatable bonds is 5. The van der Waals surface area contributed by atoms with Gasteiger partial charge in [-0.25, -0.2) is 0 Å². The van der Waals surface area contributed by atoms with Crippen LogP contribution in [-0.2, 0) is 6.54 Å². The first-order valence-corrected chi connectivity index (χ1v) is 11.8. The molecular weight excluding hydrogens is 492 g/mol. The average Bonchev–Trinajstić information content (AvgIpc) is 3.57. The maximum Gasteiger partial charge on any atom is 0.293 e. The predicted octanol–water partition coefficient (Wildman–Crippen LogP) is 4.88. The Morgan fingerprint density at radius 3 is 2.53 bits per heavy atom. The van der Waals surface area contributed by atoms with Crippen LogP contribution in [0.4, 0.5) is 0 Å². The molecule has 3 aromatic heterocycles. The molecule has 0 saturated carbocycles. The van der Waals surface area contributed by atoms with Gasteiger partial charge in [-0.3, -0.25) is 10.1 Å². The van der Waals surface area contributed by atoms with Gasteiger partial charge in [0.2, 0.25) is 4.96 Å². The van der Waals surface area contributed by atoms with Crippen molar-refractivity contribution in [3.05, 3.63) is 82.8 Å². The highest BCUT2D eigenvalue weighted by molar-refractivity contribution is 7.80. The summed E-state index contributed by atoms with van der Waals surface area (Å²) in [6.07, 6.45) is 0. The number of hydrogen-bond donors (Lipinski definition) is 2. The number of fused-ring (bicyclic) bond motifs is 1. The second-order valence-corrected chi connectivity index (χ2v) is 9.15. The normalized spacial score (nSPS) is 11.0. The van der Waals surface area contributed by atoms with Gasteiger partial charge in [-0.15, -0.1) is 10.2 Å². The number of hydrogen-bond acceptors (Lipinski definition) is 7. The van der Waals surface area contributed by atoms with E-state index in [-0.39, 0.29) is 10.9 Å². The number of thiocarbonyl (C=S) groups is 1. The average molecular weight is 509 g/mol. The fourth-order valence-electron chi connectivity index (χ4n) is 3.22. The van der Waals surface area contributed by atoms with E-state index in [2.05, 4.69) is 25.9 Å². The molecule has 0 aliphatic rings. The molecule has 1 amide bonds. The van der Waals surface area contributed by atoms with Crippen LogP contribution in [0.2, 0.25) is 5.02 Å². The van der Waals surface area contributed by atoms with Gasteiger partial charge < -0.3 is 9.73 Å². The van der Waals surface area contributed by atoms with Gasteiger partial charge in [0.25, 0.3) is 5.91 Å². The van der Waals surface area contributed by atoms with Crippen LogP contribution in [0.1, 0.15) is 21.9 Å². The summed E-state index contributed by atoms with van der Waals surface area (Å²) in [4.78, 5) is 13.2. The number of nitrogens with zero attached hydrogens (tertiary/aromatic N) is 4. The Balaban J connectivity index is 1.16. The first kappa shape index (κ1) is 22.2. The Hall–Kier alpha value is -3.60. The molecule has 170 valence electrons. The summed E-state index contributed by atoms with van der Waals surface area (Å²) in [7, 11) is 0. The van der Waals surface area contributed by atoms with Crippen molar-refractivity contribution in [2.24, 2.45) is 0 Å². The first-order valence-electron chi connectivity index (χ1n) is 10.2. The Morgan fingerprint density at radius 2 is 1.79 bits per heavy atom. The van der Waals surface area contributed by atoms with Crippen LogP contribution < -0.4 is 10.6 Å². The number of aromatic nitrogens is 4. The van der Waals surface area contributed by atoms with E-state index in [0.717, 1.165) is 32.5 Å². The van der Waals surface area contributed by atoms with Gasteiger partial charge in [-0.2, -0.15) is 9.61 Å². The van der Waals surface area contributed by atoms with Crippen molar-refractivity contribution < 1.29 is 9.21 Å². The fraction of sp³-hybridized carbons (Fsp3) is 0.0870. The predicted molar refractivity (Wildman–Crippen MR) is 135 cm³/mol. The fourth-order valence-corrected chi connectivity index (χ4v) is 4.40. The Kier molecular flexibility index (Phi) is 6.10. The minimum absolute atomic E-state index is 0.165. The van der Waals surface area contributed by atoms with Crippen molar-refractivity contribution >= 4 is 51.1 Å². The highest BCUT2D eigenvalue weighted by Crippen LogP contribution is 2.26. The topological polar surface area (TPSA) is 97.3 Å². The van der Waals surface area contributed by atoms with Crippen molar-refractivity contribution in [3.63, 3.8) is 0 Å². The van der Waals surface area contributed by atoms with Gasteiger partial charge in [-0.1, -0.05) is 47.2 Å². The van der Waals surface area contributed by atoms with Crippen LogP contribution in [0.5, 0.6) is 0 Å². The van der Waals surface area contributed by atoms with Gasteiger partial charge in [0.1, 0.15) is 10.8 Å². The zero-order valence-electron chi connectivity index (χ0n) is 17.8. The first-order chi connectivity index (χ1) is 16.5. The molecule has 0 saturated heterocycles. The van der Waals surface area contributed by atoms with Crippen molar-refractivity contribution in [2.75, 3.05) is 0 Å². The highest BCUT2D eigenvalue weighted by atomic mass is 35.5. The van der Waals surface area contributed by atoms with Crippen molar-refractivity contribution in [1.82, 2.24) is 30.4 Å². The van der Waals surface area contributed by atoms with E-state index in [4.69, 9.17) is 28.2 Å². The number of nitrogens with one attached hydrogen (secondary N) is 2. The number of aryl methyl sites for hydroxylation is 1. The van der Waals surface area contributed by atoms with Gasteiger partial charge in [0, 0.05) is 22.7 Å². The van der Waals surface area contributed by atoms with E-state index >= 15 is 0 Å². The summed E-state index contributed by atoms with van der Waals surface area (Å²) in [6.45, 7) is 2.32. The smallest absolute Gasteiger partial charge is 0.293 e. The molecule has 5 aromatic rings. The maximum atomic E-state index is 12.5. The number of benzene rings is 2. The van der Waals surface area contributed by atoms with Gasteiger partial charge >= 0.3 is 0 Å². The molecular formula is C23H17ClN6O2S2. The molecule has 0 radical (unpaired) electrons. The van der Waals surface area contributed by atoms with Crippen LogP contribution in [0, 0.1) is 6.92 Å². The van der Waals surface area contributed by atoms with E-state index in [1.165, 1.54) is 11.3 Å². The van der Waals surface area contributed by atoms with E-state index in [1.807, 2.05) is 43.3 Å². The second-order valence-electron chi connectivity index (χ2n) is 7.35. The number of halogens is 1. The summed E-state index contributed by atoms with van der Waals surface area (Å²) < 4.78 is 7.39. The lowest BCUT2D eigenvalue weighted by Crippen LogP contribution is -2.38. The van der Waals surface area contributed by atoms with Crippen LogP contribution >= 0.6 is 35.2 Å². The molecule has 0 aliphatic carbocycles. The monoisotopic (exact) mass is 508 g/mol. The molecule has 0 unspecified atom stereocenters. The van der Waals surface area contributed by atoms with Crippen LogP contribution in [0.15, 0.2) is 65.1 Å². The van der Waals surface area contributed by atoms with Gasteiger partial charge in [-0.05, 0) is 61.1 Å². The summed E-state index contributed by atoms with van der Waals surface area (Å²) in [5.41, 5.74) is 2.82. The molecule has 5 rings (SSSR count). The van der Waals surface area contributed by atoms with E-state index < -0.39 is 5.91 Å². The Bertz CT molecular complexity index is 1490. The van der Waals surface area contributed by atoms with Crippen LogP contribution in [0.25, 0.3) is 26.9 Å². The highest BCUT2D eigenvalue weighted by Gasteiger charge is 2.14. The second kappa shape index (κ2) is 9.34. The molecule has 2 aromatic carbocycles. The Labute approximate surface area is 208 Å². The number of amides is 1. The van der Waals surface area contributed by atoms with Crippen molar-refractivity contribution in [1.29, 1.82) is 0 Å². The molecule has 0 bridgehead atoms. The third-order valence-corrected chi connectivity index (χ3v) is 6.43.